The van der Waals surface area contributed by atoms with E-state index in [9.17, 15) is 19.2 Å². The molecule has 146 valence electrons. The highest BCUT2D eigenvalue weighted by Crippen LogP contribution is 2.50. The fourth-order valence-corrected chi connectivity index (χ4v) is 3.26. The predicted molar refractivity (Wildman–Crippen MR) is 88.0 cm³/mol. The summed E-state index contributed by atoms with van der Waals surface area (Å²) in [6.45, 7) is 0. The van der Waals surface area contributed by atoms with Gasteiger partial charge in [0.2, 0.25) is 0 Å². The standard InChI is InChI=1S/C18H20O9/c1-23-14(19)11-12(15(20)24-2)18(16(21)25-3,17(22)26-4)27-13(11)10-8-6-5-7-9-10/h5-9,11-13H,1-4H3/t11-,12+,13+/m0/s1. The smallest absolute Gasteiger partial charge is 0.351 e. The number of ether oxygens (including phenoxy) is 5. The van der Waals surface area contributed by atoms with Crippen molar-refractivity contribution in [1.82, 2.24) is 0 Å². The van der Waals surface area contributed by atoms with Gasteiger partial charge in [-0.25, -0.2) is 9.59 Å². The summed E-state index contributed by atoms with van der Waals surface area (Å²) < 4.78 is 24.7. The second-order valence-electron chi connectivity index (χ2n) is 5.72. The molecule has 0 bridgehead atoms. The first kappa shape index (κ1) is 20.4. The average Bonchev–Trinajstić information content (AvgIpc) is 3.09. The van der Waals surface area contributed by atoms with Gasteiger partial charge in [0, 0.05) is 0 Å². The summed E-state index contributed by atoms with van der Waals surface area (Å²) in [6.07, 6.45) is -1.15. The van der Waals surface area contributed by atoms with Gasteiger partial charge in [0.25, 0.3) is 5.60 Å². The van der Waals surface area contributed by atoms with Crippen molar-refractivity contribution >= 4 is 23.9 Å². The average molecular weight is 380 g/mol. The lowest BCUT2D eigenvalue weighted by atomic mass is 9.77. The molecule has 2 rings (SSSR count). The SMILES string of the molecule is COC(=O)[C@@H]1[C@@H](c2ccccc2)OC(C(=O)OC)(C(=O)OC)[C@H]1C(=O)OC. The lowest BCUT2D eigenvalue weighted by molar-refractivity contribution is -0.194. The Morgan fingerprint density at radius 2 is 1.33 bits per heavy atom. The second-order valence-corrected chi connectivity index (χ2v) is 5.72. The van der Waals surface area contributed by atoms with Crippen LogP contribution in [-0.2, 0) is 42.9 Å². The highest BCUT2D eigenvalue weighted by molar-refractivity contribution is 6.09. The monoisotopic (exact) mass is 380 g/mol. The van der Waals surface area contributed by atoms with Gasteiger partial charge >= 0.3 is 23.9 Å². The summed E-state index contributed by atoms with van der Waals surface area (Å²) in [5.41, 5.74) is -2.06. The van der Waals surface area contributed by atoms with Crippen LogP contribution in [0.4, 0.5) is 0 Å². The van der Waals surface area contributed by atoms with E-state index in [2.05, 4.69) is 0 Å². The molecule has 1 aliphatic rings. The maximum atomic E-state index is 12.6. The Bertz CT molecular complexity index is 712. The van der Waals surface area contributed by atoms with Crippen LogP contribution in [0.25, 0.3) is 0 Å². The van der Waals surface area contributed by atoms with E-state index in [1.165, 1.54) is 0 Å². The molecule has 1 saturated heterocycles. The van der Waals surface area contributed by atoms with Crippen LogP contribution in [0.2, 0.25) is 0 Å². The zero-order valence-electron chi connectivity index (χ0n) is 15.3. The Morgan fingerprint density at radius 1 is 0.815 bits per heavy atom. The predicted octanol–water partition coefficient (Wildman–Crippen LogP) is 0.421. The summed E-state index contributed by atoms with van der Waals surface area (Å²) in [5.74, 6) is -7.24. The van der Waals surface area contributed by atoms with E-state index >= 15 is 0 Å². The van der Waals surface area contributed by atoms with Crippen LogP contribution in [0.5, 0.6) is 0 Å². The first-order valence-corrected chi connectivity index (χ1v) is 7.94. The number of hydrogen-bond donors (Lipinski definition) is 0. The molecule has 0 aliphatic carbocycles. The number of carbonyl (C=O) groups is 4. The Morgan fingerprint density at radius 3 is 1.78 bits per heavy atom. The van der Waals surface area contributed by atoms with E-state index in [1.54, 1.807) is 30.3 Å². The molecular weight excluding hydrogens is 360 g/mol. The molecule has 1 fully saturated rings. The van der Waals surface area contributed by atoms with Gasteiger partial charge in [0.15, 0.2) is 0 Å². The Hall–Kier alpha value is -2.94. The number of hydrogen-bond acceptors (Lipinski definition) is 9. The normalized spacial score (nSPS) is 23.2. The highest BCUT2D eigenvalue weighted by atomic mass is 16.6. The lowest BCUT2D eigenvalue weighted by Crippen LogP contribution is -2.56. The molecule has 0 aromatic heterocycles. The molecule has 9 heteroatoms. The van der Waals surface area contributed by atoms with Crippen molar-refractivity contribution in [1.29, 1.82) is 0 Å². The lowest BCUT2D eigenvalue weighted by Gasteiger charge is -2.27. The van der Waals surface area contributed by atoms with E-state index in [4.69, 9.17) is 23.7 Å². The molecule has 1 aliphatic heterocycles. The molecule has 0 saturated carbocycles. The third-order valence-corrected chi connectivity index (χ3v) is 4.47. The molecule has 1 aromatic carbocycles. The van der Waals surface area contributed by atoms with Crippen molar-refractivity contribution in [2.24, 2.45) is 11.8 Å². The number of benzene rings is 1. The Balaban J connectivity index is 2.75. The minimum Gasteiger partial charge on any atom is -0.469 e. The highest BCUT2D eigenvalue weighted by Gasteiger charge is 2.71. The fraction of sp³-hybridized carbons (Fsp3) is 0.444. The summed E-state index contributed by atoms with van der Waals surface area (Å²) in [5, 5.41) is 0. The van der Waals surface area contributed by atoms with Crippen LogP contribution in [0.1, 0.15) is 11.7 Å². The first-order valence-electron chi connectivity index (χ1n) is 7.94. The van der Waals surface area contributed by atoms with Gasteiger partial charge in [-0.05, 0) is 5.56 Å². The van der Waals surface area contributed by atoms with Gasteiger partial charge in [-0.3, -0.25) is 9.59 Å². The maximum Gasteiger partial charge on any atom is 0.351 e. The van der Waals surface area contributed by atoms with Crippen molar-refractivity contribution in [2.75, 3.05) is 28.4 Å². The molecule has 0 unspecified atom stereocenters. The van der Waals surface area contributed by atoms with Crippen molar-refractivity contribution in [3.8, 4) is 0 Å². The van der Waals surface area contributed by atoms with E-state index in [0.29, 0.717) is 5.56 Å². The molecule has 0 N–H and O–H groups in total. The third kappa shape index (κ3) is 3.25. The number of carbonyl (C=O) groups excluding carboxylic acids is 4. The zero-order chi connectivity index (χ0) is 20.2. The number of esters is 4. The van der Waals surface area contributed by atoms with Gasteiger partial charge in [-0.2, -0.15) is 0 Å². The number of methoxy groups -OCH3 is 4. The van der Waals surface area contributed by atoms with Crippen molar-refractivity contribution in [2.45, 2.75) is 11.7 Å². The molecule has 0 spiro atoms. The minimum absolute atomic E-state index is 0.455. The van der Waals surface area contributed by atoms with Crippen molar-refractivity contribution < 1.29 is 42.9 Å². The Labute approximate surface area is 155 Å². The molecule has 27 heavy (non-hydrogen) atoms. The third-order valence-electron chi connectivity index (χ3n) is 4.47. The molecule has 9 nitrogen and oxygen atoms in total. The molecule has 3 atom stereocenters. The Kier molecular flexibility index (Phi) is 6.17. The van der Waals surface area contributed by atoms with Crippen LogP contribution in [0.15, 0.2) is 30.3 Å². The quantitative estimate of drug-likeness (QED) is 0.407. The van der Waals surface area contributed by atoms with E-state index in [-0.39, 0.29) is 0 Å². The van der Waals surface area contributed by atoms with Crippen LogP contribution >= 0.6 is 0 Å². The van der Waals surface area contributed by atoms with E-state index < -0.39 is 47.4 Å². The van der Waals surface area contributed by atoms with Gasteiger partial charge < -0.3 is 23.7 Å². The topological polar surface area (TPSA) is 114 Å². The molecule has 0 amide bonds. The van der Waals surface area contributed by atoms with Crippen LogP contribution in [0.3, 0.4) is 0 Å². The van der Waals surface area contributed by atoms with Gasteiger partial charge in [0.1, 0.15) is 11.8 Å². The van der Waals surface area contributed by atoms with Gasteiger partial charge in [-0.1, -0.05) is 30.3 Å². The van der Waals surface area contributed by atoms with Gasteiger partial charge in [0.05, 0.1) is 34.5 Å². The zero-order valence-corrected chi connectivity index (χ0v) is 15.3. The molecule has 1 aromatic rings. The summed E-state index contributed by atoms with van der Waals surface area (Å²) in [7, 11) is 4.22. The van der Waals surface area contributed by atoms with Crippen LogP contribution in [-0.4, -0.2) is 57.9 Å². The van der Waals surface area contributed by atoms with E-state index in [1.807, 2.05) is 0 Å². The van der Waals surface area contributed by atoms with Crippen molar-refractivity contribution in [3.63, 3.8) is 0 Å². The fourth-order valence-electron chi connectivity index (χ4n) is 3.26. The summed E-state index contributed by atoms with van der Waals surface area (Å²) in [4.78, 5) is 50.3. The molecule has 0 radical (unpaired) electrons. The van der Waals surface area contributed by atoms with Gasteiger partial charge in [-0.15, -0.1) is 0 Å². The maximum absolute atomic E-state index is 12.6. The molecular formula is C18H20O9. The van der Waals surface area contributed by atoms with Crippen LogP contribution in [0, 0.1) is 11.8 Å². The molecule has 1 heterocycles. The first-order chi connectivity index (χ1) is 12.9. The second kappa shape index (κ2) is 8.17. The minimum atomic E-state index is -2.52. The largest absolute Gasteiger partial charge is 0.469 e. The summed E-state index contributed by atoms with van der Waals surface area (Å²) in [6, 6.07) is 8.34. The number of rotatable bonds is 5. The van der Waals surface area contributed by atoms with Crippen LogP contribution < -0.4 is 0 Å². The van der Waals surface area contributed by atoms with E-state index in [0.717, 1.165) is 28.4 Å². The summed E-state index contributed by atoms with van der Waals surface area (Å²) >= 11 is 0. The van der Waals surface area contributed by atoms with Crippen molar-refractivity contribution in [3.05, 3.63) is 35.9 Å².